The first-order chi connectivity index (χ1) is 13.0. The molecule has 0 N–H and O–H groups in total. The molecule has 0 atom stereocenters. The first-order valence-electron chi connectivity index (χ1n) is 8.89. The molecule has 2 rings (SSSR count). The predicted molar refractivity (Wildman–Crippen MR) is 98.8 cm³/mol. The van der Waals surface area contributed by atoms with Crippen LogP contribution in [0.2, 0.25) is 0 Å². The average Bonchev–Trinajstić information content (AvgIpc) is 2.63. The van der Waals surface area contributed by atoms with Gasteiger partial charge in [0, 0.05) is 17.5 Å². The molecule has 0 aliphatic heterocycles. The highest BCUT2D eigenvalue weighted by atomic mass is 16.5. The van der Waals surface area contributed by atoms with Crippen molar-refractivity contribution in [3.05, 3.63) is 40.2 Å². The van der Waals surface area contributed by atoms with Crippen LogP contribution in [-0.4, -0.2) is 32.3 Å². The first-order valence-corrected chi connectivity index (χ1v) is 8.89. The Balaban J connectivity index is 1.62. The molecule has 0 fully saturated rings. The number of carbonyl (C=O) groups excluding carboxylic acids is 2. The topological polar surface area (TPSA) is 92.0 Å². The van der Waals surface area contributed by atoms with E-state index in [2.05, 4.69) is 4.74 Å². The van der Waals surface area contributed by atoms with Crippen LogP contribution in [0.3, 0.4) is 0 Å². The van der Waals surface area contributed by atoms with Crippen molar-refractivity contribution >= 4 is 22.9 Å². The average molecular weight is 376 g/mol. The number of esters is 2. The normalized spacial score (nSPS) is 10.6. The van der Waals surface area contributed by atoms with Crippen LogP contribution in [0.25, 0.3) is 11.0 Å². The van der Waals surface area contributed by atoms with Gasteiger partial charge in [-0.25, -0.2) is 4.79 Å². The number of rotatable bonds is 10. The molecular formula is C20H24O7. The Hall–Kier alpha value is -2.83. The molecule has 7 nitrogen and oxygen atoms in total. The SMILES string of the molecule is COC(=O)CC(=O)OCCCCCCOc1ccc2c(C)cc(=O)oc2c1. The molecule has 1 heterocycles. The van der Waals surface area contributed by atoms with E-state index in [9.17, 15) is 14.4 Å². The summed E-state index contributed by atoms with van der Waals surface area (Å²) in [6, 6.07) is 6.93. The van der Waals surface area contributed by atoms with Crippen LogP contribution >= 0.6 is 0 Å². The van der Waals surface area contributed by atoms with Gasteiger partial charge in [0.25, 0.3) is 0 Å². The van der Waals surface area contributed by atoms with Crippen molar-refractivity contribution in [3.63, 3.8) is 0 Å². The van der Waals surface area contributed by atoms with Crippen LogP contribution in [0.1, 0.15) is 37.7 Å². The van der Waals surface area contributed by atoms with E-state index in [0.29, 0.717) is 24.5 Å². The predicted octanol–water partition coefficient (Wildman–Crippen LogP) is 3.15. The number of fused-ring (bicyclic) bond motifs is 1. The second-order valence-corrected chi connectivity index (χ2v) is 6.14. The molecule has 7 heteroatoms. The molecule has 0 bridgehead atoms. The number of hydrogen-bond acceptors (Lipinski definition) is 7. The van der Waals surface area contributed by atoms with Crippen LogP contribution < -0.4 is 10.4 Å². The highest BCUT2D eigenvalue weighted by molar-refractivity contribution is 5.91. The van der Waals surface area contributed by atoms with Crippen molar-refractivity contribution in [2.24, 2.45) is 0 Å². The van der Waals surface area contributed by atoms with Gasteiger partial charge in [-0.3, -0.25) is 9.59 Å². The summed E-state index contributed by atoms with van der Waals surface area (Å²) in [6.07, 6.45) is 3.05. The standard InChI is InChI=1S/C20H24O7/c1-14-11-20(23)27-17-12-15(7-8-16(14)17)25-9-5-3-4-6-10-26-19(22)13-18(21)24-2/h7-8,11-12H,3-6,9-10,13H2,1-2H3. The summed E-state index contributed by atoms with van der Waals surface area (Å²) in [7, 11) is 1.23. The van der Waals surface area contributed by atoms with Gasteiger partial charge in [0.1, 0.15) is 17.8 Å². The third-order valence-electron chi connectivity index (χ3n) is 4.01. The number of benzene rings is 1. The minimum Gasteiger partial charge on any atom is -0.493 e. The van der Waals surface area contributed by atoms with E-state index < -0.39 is 11.9 Å². The van der Waals surface area contributed by atoms with Gasteiger partial charge in [-0.05, 0) is 50.3 Å². The van der Waals surface area contributed by atoms with Gasteiger partial charge in [-0.1, -0.05) is 0 Å². The molecule has 2 aromatic rings. The molecule has 0 saturated carbocycles. The molecule has 1 aromatic carbocycles. The minimum atomic E-state index is -0.597. The Bertz CT molecular complexity index is 838. The van der Waals surface area contributed by atoms with Crippen molar-refractivity contribution in [3.8, 4) is 5.75 Å². The first kappa shape index (κ1) is 20.5. The molecule has 0 aliphatic carbocycles. The second-order valence-electron chi connectivity index (χ2n) is 6.14. The molecule has 0 unspecified atom stereocenters. The molecule has 0 amide bonds. The van der Waals surface area contributed by atoms with Gasteiger partial charge in [0.15, 0.2) is 0 Å². The third kappa shape index (κ3) is 6.77. The lowest BCUT2D eigenvalue weighted by Gasteiger charge is -2.08. The zero-order valence-electron chi connectivity index (χ0n) is 15.6. The lowest BCUT2D eigenvalue weighted by Crippen LogP contribution is -2.13. The van der Waals surface area contributed by atoms with E-state index in [4.69, 9.17) is 13.9 Å². The van der Waals surface area contributed by atoms with Gasteiger partial charge >= 0.3 is 17.6 Å². The zero-order valence-corrected chi connectivity index (χ0v) is 15.6. The van der Waals surface area contributed by atoms with Crippen molar-refractivity contribution in [1.29, 1.82) is 0 Å². The van der Waals surface area contributed by atoms with E-state index in [1.807, 2.05) is 19.1 Å². The lowest BCUT2D eigenvalue weighted by atomic mass is 10.1. The lowest BCUT2D eigenvalue weighted by molar-refractivity contribution is -0.153. The molecule has 146 valence electrons. The maximum atomic E-state index is 11.4. The van der Waals surface area contributed by atoms with Gasteiger partial charge in [-0.2, -0.15) is 0 Å². The van der Waals surface area contributed by atoms with Gasteiger partial charge in [-0.15, -0.1) is 0 Å². The summed E-state index contributed by atoms with van der Waals surface area (Å²) in [5.41, 5.74) is 1.02. The Morgan fingerprint density at radius 2 is 1.74 bits per heavy atom. The van der Waals surface area contributed by atoms with Crippen molar-refractivity contribution in [2.75, 3.05) is 20.3 Å². The number of carbonyl (C=O) groups is 2. The maximum absolute atomic E-state index is 11.4. The number of aryl methyl sites for hydroxylation is 1. The molecule has 0 spiro atoms. The summed E-state index contributed by atoms with van der Waals surface area (Å²) in [4.78, 5) is 33.6. The fourth-order valence-corrected chi connectivity index (χ4v) is 2.57. The molecule has 1 aromatic heterocycles. The summed E-state index contributed by atoms with van der Waals surface area (Å²) in [5.74, 6) is -0.503. The Kier molecular flexibility index (Phi) is 7.85. The Labute approximate surface area is 157 Å². The summed E-state index contributed by atoms with van der Waals surface area (Å²) >= 11 is 0. The van der Waals surface area contributed by atoms with E-state index in [1.165, 1.54) is 13.2 Å². The largest absolute Gasteiger partial charge is 0.493 e. The fraction of sp³-hybridized carbons (Fsp3) is 0.450. The number of unbranched alkanes of at least 4 members (excludes halogenated alkanes) is 3. The van der Waals surface area contributed by atoms with E-state index in [0.717, 1.165) is 36.6 Å². The van der Waals surface area contributed by atoms with E-state index >= 15 is 0 Å². The van der Waals surface area contributed by atoms with Gasteiger partial charge in [0.2, 0.25) is 0 Å². The third-order valence-corrected chi connectivity index (χ3v) is 4.01. The van der Waals surface area contributed by atoms with E-state index in [1.54, 1.807) is 6.07 Å². The van der Waals surface area contributed by atoms with Crippen LogP contribution in [0.5, 0.6) is 5.75 Å². The number of hydrogen-bond donors (Lipinski definition) is 0. The minimum absolute atomic E-state index is 0.291. The number of methoxy groups -OCH3 is 1. The van der Waals surface area contributed by atoms with Crippen molar-refractivity contribution in [1.82, 2.24) is 0 Å². The quantitative estimate of drug-likeness (QED) is 0.272. The van der Waals surface area contributed by atoms with Crippen LogP contribution in [0, 0.1) is 6.92 Å². The summed E-state index contributed by atoms with van der Waals surface area (Å²) in [6.45, 7) is 2.70. The molecule has 0 saturated heterocycles. The fourth-order valence-electron chi connectivity index (χ4n) is 2.57. The van der Waals surface area contributed by atoms with Crippen molar-refractivity contribution in [2.45, 2.75) is 39.0 Å². The molecule has 0 aliphatic rings. The maximum Gasteiger partial charge on any atom is 0.336 e. The zero-order chi connectivity index (χ0) is 19.6. The second kappa shape index (κ2) is 10.4. The molecule has 0 radical (unpaired) electrons. The van der Waals surface area contributed by atoms with Crippen LogP contribution in [-0.2, 0) is 19.1 Å². The highest BCUT2D eigenvalue weighted by Crippen LogP contribution is 2.22. The van der Waals surface area contributed by atoms with Crippen molar-refractivity contribution < 1.29 is 28.2 Å². The van der Waals surface area contributed by atoms with Gasteiger partial charge in [0.05, 0.1) is 20.3 Å². The monoisotopic (exact) mass is 376 g/mol. The number of ether oxygens (including phenoxy) is 3. The molecule has 27 heavy (non-hydrogen) atoms. The summed E-state index contributed by atoms with van der Waals surface area (Å²) < 4.78 is 20.2. The summed E-state index contributed by atoms with van der Waals surface area (Å²) in [5, 5.41) is 0.892. The molecular weight excluding hydrogens is 352 g/mol. The Morgan fingerprint density at radius 3 is 2.48 bits per heavy atom. The van der Waals surface area contributed by atoms with Crippen LogP contribution in [0.15, 0.2) is 33.5 Å². The van der Waals surface area contributed by atoms with Gasteiger partial charge < -0.3 is 18.6 Å². The van der Waals surface area contributed by atoms with Crippen LogP contribution in [0.4, 0.5) is 0 Å². The Morgan fingerprint density at radius 1 is 1.00 bits per heavy atom. The van der Waals surface area contributed by atoms with E-state index in [-0.39, 0.29) is 12.0 Å². The highest BCUT2D eigenvalue weighted by Gasteiger charge is 2.10. The smallest absolute Gasteiger partial charge is 0.336 e.